The molecule has 2 aromatic rings. The minimum atomic E-state index is -0.579. The number of halogens is 2. The normalized spacial score (nSPS) is 16.7. The Morgan fingerprint density at radius 1 is 1.32 bits per heavy atom. The van der Waals surface area contributed by atoms with Gasteiger partial charge in [-0.2, -0.15) is 0 Å². The maximum Gasteiger partial charge on any atom is 0.241 e. The van der Waals surface area contributed by atoms with Gasteiger partial charge in [0, 0.05) is 52.2 Å². The van der Waals surface area contributed by atoms with Crippen molar-refractivity contribution in [3.05, 3.63) is 35.2 Å². The molecule has 1 atom stereocenters. The first kappa shape index (κ1) is 19.9. The Balaban J connectivity index is 0.00000225. The zero-order valence-electron chi connectivity index (χ0n) is 14.1. The van der Waals surface area contributed by atoms with Crippen LogP contribution in [0, 0.1) is 0 Å². The van der Waals surface area contributed by atoms with Gasteiger partial charge in [-0.3, -0.25) is 9.69 Å². The van der Waals surface area contributed by atoms with Crippen molar-refractivity contribution < 1.29 is 9.53 Å². The summed E-state index contributed by atoms with van der Waals surface area (Å²) in [5.41, 5.74) is 7.70. The maximum absolute atomic E-state index is 12.2. The monoisotopic (exact) mass is 387 g/mol. The molecule has 1 fully saturated rings. The smallest absolute Gasteiger partial charge is 0.241 e. The molecule has 1 amide bonds. The van der Waals surface area contributed by atoms with Crippen LogP contribution in [0.4, 0.5) is 0 Å². The first-order valence-electron chi connectivity index (χ1n) is 7.95. The molecular formula is C16H23Cl2N5O2. The summed E-state index contributed by atoms with van der Waals surface area (Å²) in [5, 5.41) is 0.686. The summed E-state index contributed by atoms with van der Waals surface area (Å²) >= 11 is 6.00. The van der Waals surface area contributed by atoms with Crippen molar-refractivity contribution in [3.63, 3.8) is 0 Å². The van der Waals surface area contributed by atoms with Gasteiger partial charge < -0.3 is 19.8 Å². The fraction of sp³-hybridized carbons (Fsp3) is 0.500. The summed E-state index contributed by atoms with van der Waals surface area (Å²) < 4.78 is 6.88. The lowest BCUT2D eigenvalue weighted by atomic mass is 10.2. The third-order valence-corrected chi connectivity index (χ3v) is 4.42. The van der Waals surface area contributed by atoms with Crippen molar-refractivity contribution in [1.82, 2.24) is 19.2 Å². The van der Waals surface area contributed by atoms with Crippen LogP contribution < -0.4 is 5.73 Å². The Labute approximate surface area is 158 Å². The number of piperazine rings is 1. The van der Waals surface area contributed by atoms with E-state index in [2.05, 4.69) is 9.88 Å². The Bertz CT molecular complexity index is 716. The van der Waals surface area contributed by atoms with Gasteiger partial charge >= 0.3 is 0 Å². The van der Waals surface area contributed by atoms with Gasteiger partial charge in [-0.15, -0.1) is 12.4 Å². The number of carbonyl (C=O) groups excluding carboxylic acids is 1. The van der Waals surface area contributed by atoms with Gasteiger partial charge in [0.1, 0.15) is 11.7 Å². The predicted octanol–water partition coefficient (Wildman–Crippen LogP) is 1.03. The van der Waals surface area contributed by atoms with E-state index < -0.39 is 6.04 Å². The maximum atomic E-state index is 12.2. The summed E-state index contributed by atoms with van der Waals surface area (Å²) in [6.45, 7) is 3.97. The van der Waals surface area contributed by atoms with Crippen molar-refractivity contribution in [2.24, 2.45) is 5.73 Å². The Hall–Kier alpha value is -1.38. The topological polar surface area (TPSA) is 76.1 Å². The van der Waals surface area contributed by atoms with Crippen LogP contribution in [0.5, 0.6) is 0 Å². The lowest BCUT2D eigenvalue weighted by Crippen LogP contribution is -2.53. The molecule has 0 radical (unpaired) electrons. The average molecular weight is 388 g/mol. The number of hydrogen-bond acceptors (Lipinski definition) is 5. The van der Waals surface area contributed by atoms with E-state index in [0.717, 1.165) is 31.0 Å². The van der Waals surface area contributed by atoms with E-state index in [-0.39, 0.29) is 24.9 Å². The van der Waals surface area contributed by atoms with Gasteiger partial charge in [0.2, 0.25) is 5.91 Å². The summed E-state index contributed by atoms with van der Waals surface area (Å²) in [6, 6.07) is 3.16. The van der Waals surface area contributed by atoms with Gasteiger partial charge in [-0.25, -0.2) is 4.98 Å². The van der Waals surface area contributed by atoms with E-state index in [4.69, 9.17) is 22.1 Å². The zero-order chi connectivity index (χ0) is 17.1. The lowest BCUT2D eigenvalue weighted by Gasteiger charge is -2.35. The molecule has 0 aliphatic carbocycles. The number of ether oxygens (including phenoxy) is 1. The SMILES string of the molecule is COCC(N)C(=O)N1CCN(Cc2cn3cc(Cl)ccc3n2)CC1.Cl. The molecule has 3 heterocycles. The zero-order valence-corrected chi connectivity index (χ0v) is 15.7. The minimum Gasteiger partial charge on any atom is -0.383 e. The first-order chi connectivity index (χ1) is 11.6. The number of hydrogen-bond donors (Lipinski definition) is 1. The molecule has 25 heavy (non-hydrogen) atoms. The Morgan fingerprint density at radius 3 is 2.72 bits per heavy atom. The number of fused-ring (bicyclic) bond motifs is 1. The Kier molecular flexibility index (Phi) is 7.04. The highest BCUT2D eigenvalue weighted by Gasteiger charge is 2.25. The number of imidazole rings is 1. The first-order valence-corrected chi connectivity index (χ1v) is 8.33. The summed E-state index contributed by atoms with van der Waals surface area (Å²) in [4.78, 5) is 20.9. The van der Waals surface area contributed by atoms with Crippen molar-refractivity contribution in [2.45, 2.75) is 12.6 Å². The molecule has 0 bridgehead atoms. The van der Waals surface area contributed by atoms with Gasteiger partial charge in [-0.05, 0) is 12.1 Å². The third kappa shape index (κ3) is 4.83. The fourth-order valence-corrected chi connectivity index (χ4v) is 3.10. The molecule has 1 aliphatic rings. The molecule has 2 N–H and O–H groups in total. The minimum absolute atomic E-state index is 0. The van der Waals surface area contributed by atoms with Gasteiger partial charge in [0.25, 0.3) is 0 Å². The number of amides is 1. The van der Waals surface area contributed by atoms with Crippen molar-refractivity contribution in [1.29, 1.82) is 0 Å². The highest BCUT2D eigenvalue weighted by Crippen LogP contribution is 2.14. The van der Waals surface area contributed by atoms with Crippen LogP contribution in [-0.2, 0) is 16.1 Å². The second kappa shape index (κ2) is 8.82. The molecule has 3 rings (SSSR count). The summed E-state index contributed by atoms with van der Waals surface area (Å²) in [5.74, 6) is -0.0427. The van der Waals surface area contributed by atoms with Crippen LogP contribution >= 0.6 is 24.0 Å². The predicted molar refractivity (Wildman–Crippen MR) is 99.2 cm³/mol. The molecule has 2 aromatic heterocycles. The highest BCUT2D eigenvalue weighted by atomic mass is 35.5. The van der Waals surface area contributed by atoms with E-state index in [1.807, 2.05) is 33.8 Å². The van der Waals surface area contributed by atoms with E-state index in [1.165, 1.54) is 0 Å². The highest BCUT2D eigenvalue weighted by molar-refractivity contribution is 6.30. The van der Waals surface area contributed by atoms with Crippen LogP contribution in [-0.4, -0.2) is 71.0 Å². The van der Waals surface area contributed by atoms with E-state index >= 15 is 0 Å². The fourth-order valence-electron chi connectivity index (χ4n) is 2.93. The molecular weight excluding hydrogens is 365 g/mol. The van der Waals surface area contributed by atoms with Crippen LogP contribution in [0.2, 0.25) is 5.02 Å². The van der Waals surface area contributed by atoms with Gasteiger partial charge in [0.15, 0.2) is 0 Å². The number of nitrogens with two attached hydrogens (primary N) is 1. The summed E-state index contributed by atoms with van der Waals surface area (Å²) in [6.07, 6.45) is 3.84. The quantitative estimate of drug-likeness (QED) is 0.828. The van der Waals surface area contributed by atoms with Crippen LogP contribution in [0.25, 0.3) is 5.65 Å². The molecule has 1 aliphatic heterocycles. The van der Waals surface area contributed by atoms with Crippen LogP contribution in [0.3, 0.4) is 0 Å². The Morgan fingerprint density at radius 2 is 2.04 bits per heavy atom. The molecule has 1 unspecified atom stereocenters. The van der Waals surface area contributed by atoms with E-state index in [9.17, 15) is 4.79 Å². The second-order valence-corrected chi connectivity index (χ2v) is 6.44. The van der Waals surface area contributed by atoms with Crippen molar-refractivity contribution in [2.75, 3.05) is 39.9 Å². The number of rotatable bonds is 5. The van der Waals surface area contributed by atoms with Crippen LogP contribution in [0.1, 0.15) is 5.69 Å². The van der Waals surface area contributed by atoms with Crippen molar-refractivity contribution in [3.8, 4) is 0 Å². The van der Waals surface area contributed by atoms with Crippen LogP contribution in [0.15, 0.2) is 24.5 Å². The summed E-state index contributed by atoms with van der Waals surface area (Å²) in [7, 11) is 1.55. The standard InChI is InChI=1S/C16H22ClN5O2.ClH/c1-24-11-14(18)16(23)21-6-4-20(5-7-21)9-13-10-22-8-12(17)2-3-15(22)19-13;/h2-3,8,10,14H,4-7,9,11,18H2,1H3;1H. The van der Waals surface area contributed by atoms with Gasteiger partial charge in [0.05, 0.1) is 17.3 Å². The number of methoxy groups -OCH3 is 1. The number of aromatic nitrogens is 2. The van der Waals surface area contributed by atoms with Gasteiger partial charge in [-0.1, -0.05) is 11.6 Å². The van der Waals surface area contributed by atoms with Crippen molar-refractivity contribution >= 4 is 35.6 Å². The lowest BCUT2D eigenvalue weighted by molar-refractivity contribution is -0.135. The molecule has 138 valence electrons. The molecule has 1 saturated heterocycles. The number of pyridine rings is 1. The largest absolute Gasteiger partial charge is 0.383 e. The molecule has 0 saturated carbocycles. The van der Waals surface area contributed by atoms with E-state index in [1.54, 1.807) is 7.11 Å². The third-order valence-electron chi connectivity index (χ3n) is 4.20. The molecule has 0 aromatic carbocycles. The number of nitrogens with zero attached hydrogens (tertiary/aromatic N) is 4. The molecule has 0 spiro atoms. The number of carbonyl (C=O) groups is 1. The van der Waals surface area contributed by atoms with E-state index in [0.29, 0.717) is 18.1 Å². The average Bonchev–Trinajstić information content (AvgIpc) is 2.96. The molecule has 7 nitrogen and oxygen atoms in total. The second-order valence-electron chi connectivity index (χ2n) is 6.01. The molecule has 9 heteroatoms.